The van der Waals surface area contributed by atoms with Crippen molar-refractivity contribution in [1.82, 2.24) is 20.7 Å². The summed E-state index contributed by atoms with van der Waals surface area (Å²) in [5, 5.41) is 4.92. The summed E-state index contributed by atoms with van der Waals surface area (Å²) in [6, 6.07) is 15.0. The summed E-state index contributed by atoms with van der Waals surface area (Å²) >= 11 is 2.96. The van der Waals surface area contributed by atoms with Crippen molar-refractivity contribution in [3.8, 4) is 21.8 Å². The van der Waals surface area contributed by atoms with Crippen LogP contribution in [0.2, 0.25) is 0 Å². The maximum absolute atomic E-state index is 14.2. The van der Waals surface area contributed by atoms with Gasteiger partial charge in [-0.1, -0.05) is 30.3 Å². The van der Waals surface area contributed by atoms with Gasteiger partial charge in [0, 0.05) is 52.9 Å². The molecule has 2 N–H and O–H groups in total. The quantitative estimate of drug-likeness (QED) is 0.213. The molecule has 6 rings (SSSR count). The smallest absolute Gasteiger partial charge is 0.317 e. The number of carbonyl (C=O) groups excluding carboxylic acids is 2. The van der Waals surface area contributed by atoms with Crippen LogP contribution >= 0.6 is 22.7 Å². The van der Waals surface area contributed by atoms with Gasteiger partial charge in [-0.15, -0.1) is 22.7 Å². The maximum Gasteiger partial charge on any atom is 0.317 e. The second kappa shape index (κ2) is 14.5. The van der Waals surface area contributed by atoms with Crippen molar-refractivity contribution < 1.29 is 32.0 Å². The number of nitrogens with one attached hydrogen (secondary N) is 2. The average molecular weight is 685 g/mol. The molecular formula is C32H36N4O7S3. The molecule has 0 aliphatic carbocycles. The highest BCUT2D eigenvalue weighted by molar-refractivity contribution is 7.92. The third kappa shape index (κ3) is 7.36. The Bertz CT molecular complexity index is 1700. The van der Waals surface area contributed by atoms with E-state index in [0.717, 1.165) is 33.7 Å². The first kappa shape index (κ1) is 32.4. The fourth-order valence-corrected chi connectivity index (χ4v) is 10.1. The molecule has 5 heterocycles. The van der Waals surface area contributed by atoms with Crippen molar-refractivity contribution in [2.75, 3.05) is 32.0 Å². The van der Waals surface area contributed by atoms with Gasteiger partial charge in [-0.05, 0) is 54.8 Å². The van der Waals surface area contributed by atoms with E-state index >= 15 is 0 Å². The summed E-state index contributed by atoms with van der Waals surface area (Å²) in [5.74, 6) is -0.184. The van der Waals surface area contributed by atoms with Crippen LogP contribution in [0, 0.1) is 0 Å². The molecule has 0 bridgehead atoms. The van der Waals surface area contributed by atoms with E-state index in [1.54, 1.807) is 23.6 Å². The van der Waals surface area contributed by atoms with Gasteiger partial charge in [-0.3, -0.25) is 4.79 Å². The number of urea groups is 1. The number of thiophene rings is 2. The number of hydroxylamine groups is 1. The molecule has 0 saturated carbocycles. The lowest BCUT2D eigenvalue weighted by atomic mass is 9.97. The third-order valence-corrected chi connectivity index (χ3v) is 13.2. The molecule has 1 aromatic carbocycles. The maximum atomic E-state index is 14.2. The fraction of sp³-hybridized carbons (Fsp3) is 0.406. The molecule has 244 valence electrons. The molecule has 2 saturated heterocycles. The van der Waals surface area contributed by atoms with Crippen molar-refractivity contribution in [3.05, 3.63) is 76.3 Å². The van der Waals surface area contributed by atoms with E-state index < -0.39 is 26.8 Å². The number of ether oxygens (including phenoxy) is 1. The number of amides is 3. The molecule has 2 unspecified atom stereocenters. The van der Waals surface area contributed by atoms with Crippen LogP contribution in [-0.2, 0) is 35.4 Å². The second-order valence-electron chi connectivity index (χ2n) is 11.3. The van der Waals surface area contributed by atoms with E-state index in [1.807, 2.05) is 47.8 Å². The van der Waals surface area contributed by atoms with Crippen LogP contribution in [0.15, 0.2) is 70.9 Å². The summed E-state index contributed by atoms with van der Waals surface area (Å²) in [6.07, 6.45) is 5.35. The number of nitrogens with zero attached hydrogens (tertiary/aromatic N) is 2. The predicted molar refractivity (Wildman–Crippen MR) is 176 cm³/mol. The van der Waals surface area contributed by atoms with E-state index in [1.165, 1.54) is 22.6 Å². The van der Waals surface area contributed by atoms with Crippen LogP contribution < -0.4 is 10.8 Å². The Morgan fingerprint density at radius 2 is 1.93 bits per heavy atom. The second-order valence-corrected chi connectivity index (χ2v) is 15.9. The average Bonchev–Trinajstić information content (AvgIpc) is 3.87. The van der Waals surface area contributed by atoms with Gasteiger partial charge in [-0.2, -0.15) is 0 Å². The number of hydrogen-bond donors (Lipinski definition) is 2. The number of sulfone groups is 1. The number of rotatable bonds is 10. The van der Waals surface area contributed by atoms with Gasteiger partial charge in [0.2, 0.25) is 5.91 Å². The van der Waals surface area contributed by atoms with E-state index in [-0.39, 0.29) is 37.7 Å². The van der Waals surface area contributed by atoms with E-state index in [4.69, 9.17) is 14.0 Å². The van der Waals surface area contributed by atoms with Gasteiger partial charge in [0.1, 0.15) is 4.75 Å². The van der Waals surface area contributed by atoms with Gasteiger partial charge >= 0.3 is 6.03 Å². The van der Waals surface area contributed by atoms with E-state index in [9.17, 15) is 18.0 Å². The van der Waals surface area contributed by atoms with Crippen molar-refractivity contribution in [2.45, 2.75) is 49.6 Å². The number of oxazole rings is 1. The summed E-state index contributed by atoms with van der Waals surface area (Å²) < 4.78 is 37.8. The molecule has 46 heavy (non-hydrogen) atoms. The molecule has 2 aliphatic heterocycles. The molecule has 0 radical (unpaired) electrons. The fourth-order valence-electron chi connectivity index (χ4n) is 5.76. The van der Waals surface area contributed by atoms with Gasteiger partial charge in [0.05, 0.1) is 18.4 Å². The largest absolute Gasteiger partial charge is 0.444 e. The minimum absolute atomic E-state index is 0.0320. The lowest BCUT2D eigenvalue weighted by Crippen LogP contribution is -2.43. The first-order valence-corrected chi connectivity index (χ1v) is 18.6. The minimum Gasteiger partial charge on any atom is -0.444 e. The lowest BCUT2D eigenvalue weighted by Gasteiger charge is -2.31. The molecule has 0 spiro atoms. The first-order valence-electron chi connectivity index (χ1n) is 15.3. The Balaban J connectivity index is 1.23. The van der Waals surface area contributed by atoms with Crippen LogP contribution in [0.1, 0.15) is 41.9 Å². The first-order chi connectivity index (χ1) is 22.3. The molecular weight excluding hydrogens is 649 g/mol. The number of carbonyl (C=O) groups is 2. The summed E-state index contributed by atoms with van der Waals surface area (Å²) in [5.41, 5.74) is 4.22. The third-order valence-electron chi connectivity index (χ3n) is 8.36. The van der Waals surface area contributed by atoms with Gasteiger partial charge in [-0.25, -0.2) is 28.5 Å². The predicted octanol–water partition coefficient (Wildman–Crippen LogP) is 5.36. The number of benzene rings is 1. The Morgan fingerprint density at radius 1 is 1.09 bits per heavy atom. The van der Waals surface area contributed by atoms with Gasteiger partial charge in [0.15, 0.2) is 28.3 Å². The monoisotopic (exact) mass is 684 g/mol. The van der Waals surface area contributed by atoms with Crippen molar-refractivity contribution in [2.24, 2.45) is 0 Å². The summed E-state index contributed by atoms with van der Waals surface area (Å²) in [6.45, 7) is 1.19. The van der Waals surface area contributed by atoms with Crippen molar-refractivity contribution in [3.63, 3.8) is 0 Å². The van der Waals surface area contributed by atoms with Gasteiger partial charge in [0.25, 0.3) is 0 Å². The van der Waals surface area contributed by atoms with E-state index in [2.05, 4.69) is 15.8 Å². The zero-order chi connectivity index (χ0) is 32.0. The van der Waals surface area contributed by atoms with E-state index in [0.29, 0.717) is 36.6 Å². The number of aromatic nitrogens is 1. The molecule has 3 aromatic heterocycles. The zero-order valence-electron chi connectivity index (χ0n) is 25.2. The van der Waals surface area contributed by atoms with Crippen LogP contribution in [0.25, 0.3) is 21.8 Å². The summed E-state index contributed by atoms with van der Waals surface area (Å²) in [7, 11) is -3.92. The SMILES string of the molecule is O=C(CC1(c2ccc(-c3ccc(-c4cnco4)cc3)s2)CCN(C(=O)NCCc2cccs2)CCS1(=O)=O)NOC1CCCCO1. The Morgan fingerprint density at radius 3 is 2.67 bits per heavy atom. The minimum atomic E-state index is -3.92. The highest BCUT2D eigenvalue weighted by Crippen LogP contribution is 2.45. The summed E-state index contributed by atoms with van der Waals surface area (Å²) in [4.78, 5) is 40.1. The van der Waals surface area contributed by atoms with Crippen LogP contribution in [0.3, 0.4) is 0 Å². The molecule has 2 atom stereocenters. The molecule has 14 heteroatoms. The van der Waals surface area contributed by atoms with Crippen molar-refractivity contribution >= 4 is 44.4 Å². The van der Waals surface area contributed by atoms with Gasteiger partial charge < -0.3 is 19.4 Å². The van der Waals surface area contributed by atoms with Crippen LogP contribution in [-0.4, -0.2) is 68.5 Å². The van der Waals surface area contributed by atoms with Crippen molar-refractivity contribution in [1.29, 1.82) is 0 Å². The standard InChI is InChI=1S/C32H36N4O7S3/c37-29(35-43-30-5-1-2-17-41-30)20-32(28-11-10-27(45-28)24-8-6-23(7-9-24)26-21-33-22-42-26)13-15-36(16-19-46(32,39)40)31(38)34-14-12-25-4-3-18-44-25/h3-4,6-11,18,21-22,30H,1-2,5,12-17,19-20H2,(H,34,38)(H,35,37). The Hall–Kier alpha value is -3.56. The van der Waals surface area contributed by atoms with Crippen LogP contribution in [0.5, 0.6) is 0 Å². The lowest BCUT2D eigenvalue weighted by molar-refractivity contribution is -0.200. The topological polar surface area (TPSA) is 140 Å². The highest BCUT2D eigenvalue weighted by atomic mass is 32.2. The zero-order valence-corrected chi connectivity index (χ0v) is 27.6. The molecule has 4 aromatic rings. The highest BCUT2D eigenvalue weighted by Gasteiger charge is 2.50. The number of hydrogen-bond acceptors (Lipinski definition) is 10. The Labute approximate surface area is 275 Å². The Kier molecular flexibility index (Phi) is 10.2. The molecule has 2 aliphatic rings. The molecule has 3 amide bonds. The molecule has 11 nitrogen and oxygen atoms in total. The normalized spacial score (nSPS) is 21.4. The van der Waals surface area contributed by atoms with Crippen LogP contribution in [0.4, 0.5) is 4.79 Å². The molecule has 2 fully saturated rings.